The minimum absolute atomic E-state index is 0.280. The van der Waals surface area contributed by atoms with Crippen molar-refractivity contribution in [3.63, 3.8) is 0 Å². The molecular weight excluding hydrogens is 271 g/mol. The van der Waals surface area contributed by atoms with Crippen molar-refractivity contribution in [1.29, 1.82) is 0 Å². The van der Waals surface area contributed by atoms with Gasteiger partial charge in [0.05, 0.1) is 18.3 Å². The van der Waals surface area contributed by atoms with Crippen LogP contribution in [0.5, 0.6) is 0 Å². The fourth-order valence-corrected chi connectivity index (χ4v) is 1.98. The van der Waals surface area contributed by atoms with Gasteiger partial charge in [0.1, 0.15) is 0 Å². The van der Waals surface area contributed by atoms with Gasteiger partial charge < -0.3 is 14.0 Å². The van der Waals surface area contributed by atoms with Gasteiger partial charge in [0.25, 0.3) is 5.78 Å². The number of carbonyl (C=O) groups is 2. The van der Waals surface area contributed by atoms with Crippen molar-refractivity contribution >= 4 is 24.3 Å². The third kappa shape index (κ3) is 2.87. The maximum absolute atomic E-state index is 11.7. The topological polar surface area (TPSA) is 61.8 Å². The van der Waals surface area contributed by atoms with E-state index in [1.165, 1.54) is 7.11 Å². The molecule has 0 aromatic heterocycles. The molecule has 0 aliphatic carbocycles. The Bertz CT molecular complexity index is 546. The molecule has 1 aromatic carbocycles. The molecule has 0 N–H and O–H groups in total. The summed E-state index contributed by atoms with van der Waals surface area (Å²) >= 11 is 0. The molecule has 112 valence electrons. The van der Waals surface area contributed by atoms with E-state index in [2.05, 4.69) is 4.74 Å². The number of hydrogen-bond donors (Lipinski definition) is 0. The van der Waals surface area contributed by atoms with Crippen LogP contribution in [0.4, 0.5) is 0 Å². The average molecular weight is 290 g/mol. The van der Waals surface area contributed by atoms with E-state index >= 15 is 0 Å². The number of rotatable bonds is 3. The largest absolute Gasteiger partial charge is 0.494 e. The number of methoxy groups -OCH3 is 1. The molecule has 1 fully saturated rings. The summed E-state index contributed by atoms with van der Waals surface area (Å²) in [4.78, 5) is 22.9. The van der Waals surface area contributed by atoms with E-state index in [1.807, 2.05) is 27.7 Å². The lowest BCUT2D eigenvalue weighted by Gasteiger charge is -2.32. The monoisotopic (exact) mass is 290 g/mol. The van der Waals surface area contributed by atoms with Gasteiger partial charge in [-0.05, 0) is 33.2 Å². The first-order valence-corrected chi connectivity index (χ1v) is 6.76. The van der Waals surface area contributed by atoms with Crippen molar-refractivity contribution in [2.24, 2.45) is 0 Å². The van der Waals surface area contributed by atoms with Crippen LogP contribution in [0.25, 0.3) is 0 Å². The van der Waals surface area contributed by atoms with Gasteiger partial charge in [-0.1, -0.05) is 24.3 Å². The first kappa shape index (κ1) is 15.7. The molecule has 0 atom stereocenters. The van der Waals surface area contributed by atoms with Gasteiger partial charge >= 0.3 is 13.1 Å². The van der Waals surface area contributed by atoms with E-state index in [0.717, 1.165) is 5.46 Å². The molecule has 6 heteroatoms. The molecule has 0 unspecified atom stereocenters. The number of ketones is 1. The Kier molecular flexibility index (Phi) is 3.95. The highest BCUT2D eigenvalue weighted by atomic mass is 16.7. The standard InChI is InChI=1S/C15H19BO5/c1-14(2)15(3,4)21-16(20-14)11-8-6-10(7-9-11)12(17)13(18)19-5/h6-9H,1-5H3. The van der Waals surface area contributed by atoms with Crippen LogP contribution in [0.3, 0.4) is 0 Å². The van der Waals surface area contributed by atoms with Gasteiger partial charge in [0.2, 0.25) is 0 Å². The molecule has 0 amide bonds. The fraction of sp³-hybridized carbons (Fsp3) is 0.467. The number of Topliss-reactive ketones (excluding diaryl/α,β-unsaturated/α-hetero) is 1. The van der Waals surface area contributed by atoms with Crippen LogP contribution in [0, 0.1) is 0 Å². The van der Waals surface area contributed by atoms with E-state index in [1.54, 1.807) is 24.3 Å². The van der Waals surface area contributed by atoms with Crippen LogP contribution >= 0.6 is 0 Å². The zero-order valence-electron chi connectivity index (χ0n) is 12.9. The number of benzene rings is 1. The van der Waals surface area contributed by atoms with Gasteiger partial charge in [0, 0.05) is 5.56 Å². The molecule has 21 heavy (non-hydrogen) atoms. The Morgan fingerprint density at radius 2 is 1.48 bits per heavy atom. The minimum Gasteiger partial charge on any atom is -0.463 e. The van der Waals surface area contributed by atoms with Crippen LogP contribution in [-0.4, -0.2) is 37.2 Å². The highest BCUT2D eigenvalue weighted by molar-refractivity contribution is 6.62. The number of esters is 1. The zero-order valence-corrected chi connectivity index (χ0v) is 12.9. The molecule has 1 aromatic rings. The van der Waals surface area contributed by atoms with E-state index < -0.39 is 30.1 Å². The first-order valence-electron chi connectivity index (χ1n) is 6.76. The smallest absolute Gasteiger partial charge is 0.463 e. The fourth-order valence-electron chi connectivity index (χ4n) is 1.98. The van der Waals surface area contributed by atoms with Crippen molar-refractivity contribution in [2.75, 3.05) is 7.11 Å². The third-order valence-electron chi connectivity index (χ3n) is 4.07. The van der Waals surface area contributed by atoms with Crippen molar-refractivity contribution in [2.45, 2.75) is 38.9 Å². The molecular formula is C15H19BO5. The molecule has 1 aliphatic rings. The van der Waals surface area contributed by atoms with Gasteiger partial charge in [-0.25, -0.2) is 4.79 Å². The van der Waals surface area contributed by atoms with E-state index in [0.29, 0.717) is 0 Å². The summed E-state index contributed by atoms with van der Waals surface area (Å²) in [5, 5.41) is 0. The van der Waals surface area contributed by atoms with E-state index in [9.17, 15) is 9.59 Å². The van der Waals surface area contributed by atoms with Crippen LogP contribution in [-0.2, 0) is 18.8 Å². The summed E-state index contributed by atoms with van der Waals surface area (Å²) in [7, 11) is 0.691. The van der Waals surface area contributed by atoms with E-state index in [-0.39, 0.29) is 5.56 Å². The zero-order chi connectivity index (χ0) is 15.8. The third-order valence-corrected chi connectivity index (χ3v) is 4.07. The van der Waals surface area contributed by atoms with E-state index in [4.69, 9.17) is 9.31 Å². The Hall–Kier alpha value is -1.66. The summed E-state index contributed by atoms with van der Waals surface area (Å²) in [6.07, 6.45) is 0. The van der Waals surface area contributed by atoms with Crippen molar-refractivity contribution in [1.82, 2.24) is 0 Å². The summed E-state index contributed by atoms with van der Waals surface area (Å²) in [6.45, 7) is 7.90. The average Bonchev–Trinajstić information content (AvgIpc) is 2.66. The molecule has 1 heterocycles. The second-order valence-corrected chi connectivity index (χ2v) is 6.03. The highest BCUT2D eigenvalue weighted by Gasteiger charge is 2.51. The maximum atomic E-state index is 11.7. The molecule has 0 spiro atoms. The SMILES string of the molecule is COC(=O)C(=O)c1ccc(B2OC(C)(C)C(C)(C)O2)cc1. The Morgan fingerprint density at radius 1 is 1.00 bits per heavy atom. The van der Waals surface area contributed by atoms with Gasteiger partial charge in [-0.3, -0.25) is 4.79 Å². The summed E-state index contributed by atoms with van der Waals surface area (Å²) in [6, 6.07) is 6.58. The molecule has 2 rings (SSSR count). The number of carbonyl (C=O) groups excluding carboxylic acids is 2. The minimum atomic E-state index is -0.876. The molecule has 5 nitrogen and oxygen atoms in total. The maximum Gasteiger partial charge on any atom is 0.494 e. The molecule has 0 bridgehead atoms. The quantitative estimate of drug-likeness (QED) is 0.364. The lowest BCUT2D eigenvalue weighted by molar-refractivity contribution is -0.135. The lowest BCUT2D eigenvalue weighted by Crippen LogP contribution is -2.41. The number of ether oxygens (including phenoxy) is 1. The number of hydrogen-bond acceptors (Lipinski definition) is 5. The van der Waals surface area contributed by atoms with Crippen molar-refractivity contribution in [3.8, 4) is 0 Å². The summed E-state index contributed by atoms with van der Waals surface area (Å²) in [5.74, 6) is -1.55. The normalized spacial score (nSPS) is 19.4. The molecule has 1 saturated heterocycles. The van der Waals surface area contributed by atoms with Crippen LogP contribution in [0.2, 0.25) is 0 Å². The summed E-state index contributed by atoms with van der Waals surface area (Å²) < 4.78 is 16.3. The van der Waals surface area contributed by atoms with Gasteiger partial charge in [0.15, 0.2) is 0 Å². The van der Waals surface area contributed by atoms with Crippen LogP contribution < -0.4 is 5.46 Å². The lowest BCUT2D eigenvalue weighted by atomic mass is 9.78. The first-order chi connectivity index (χ1) is 9.68. The highest BCUT2D eigenvalue weighted by Crippen LogP contribution is 2.36. The van der Waals surface area contributed by atoms with Crippen LogP contribution in [0.1, 0.15) is 38.1 Å². The second-order valence-electron chi connectivity index (χ2n) is 6.03. The van der Waals surface area contributed by atoms with Gasteiger partial charge in [-0.15, -0.1) is 0 Å². The molecule has 0 saturated carbocycles. The van der Waals surface area contributed by atoms with Crippen molar-refractivity contribution in [3.05, 3.63) is 29.8 Å². The van der Waals surface area contributed by atoms with Crippen molar-refractivity contribution < 1.29 is 23.6 Å². The van der Waals surface area contributed by atoms with Crippen LogP contribution in [0.15, 0.2) is 24.3 Å². The Balaban J connectivity index is 2.18. The predicted octanol–water partition coefficient (Wildman–Crippen LogP) is 1.34. The predicted molar refractivity (Wildman–Crippen MR) is 78.5 cm³/mol. The molecule has 1 aliphatic heterocycles. The molecule has 0 radical (unpaired) electrons. The summed E-state index contributed by atoms with van der Waals surface area (Å²) in [5.41, 5.74) is 0.244. The Morgan fingerprint density at radius 3 is 1.90 bits per heavy atom. The Labute approximate surface area is 124 Å². The second kappa shape index (κ2) is 5.28. The van der Waals surface area contributed by atoms with Gasteiger partial charge in [-0.2, -0.15) is 0 Å².